The number of nitrogens with zero attached hydrogens (tertiary/aromatic N) is 4. The van der Waals surface area contributed by atoms with Gasteiger partial charge < -0.3 is 10.6 Å². The molecule has 17 heavy (non-hydrogen) atoms. The zero-order valence-corrected chi connectivity index (χ0v) is 10.8. The Balaban J connectivity index is 2.44. The van der Waals surface area contributed by atoms with Gasteiger partial charge >= 0.3 is 0 Å². The largest absolute Gasteiger partial charge is 0.353 e. The Morgan fingerprint density at radius 1 is 1.35 bits per heavy atom. The Morgan fingerprint density at radius 3 is 2.65 bits per heavy atom. The highest BCUT2D eigenvalue weighted by molar-refractivity contribution is 5.47. The Bertz CT molecular complexity index is 523. The van der Waals surface area contributed by atoms with Crippen LogP contribution in [0.1, 0.15) is 26.5 Å². The van der Waals surface area contributed by atoms with Crippen molar-refractivity contribution in [2.45, 2.75) is 32.9 Å². The van der Waals surface area contributed by atoms with Crippen LogP contribution in [0, 0.1) is 0 Å². The van der Waals surface area contributed by atoms with Gasteiger partial charge in [0.15, 0.2) is 5.65 Å². The molecule has 0 radical (unpaired) electrons. The molecule has 0 aliphatic carbocycles. The molecule has 2 rings (SSSR count). The molecule has 0 amide bonds. The smallest absolute Gasteiger partial charge is 0.153 e. The first-order chi connectivity index (χ1) is 7.91. The molecule has 0 bridgehead atoms. The summed E-state index contributed by atoms with van der Waals surface area (Å²) in [5.41, 5.74) is 7.29. The van der Waals surface area contributed by atoms with Crippen LogP contribution in [0.5, 0.6) is 0 Å². The average Bonchev–Trinajstić information content (AvgIpc) is 2.68. The van der Waals surface area contributed by atoms with E-state index in [1.165, 1.54) is 0 Å². The summed E-state index contributed by atoms with van der Waals surface area (Å²) >= 11 is 0. The highest BCUT2D eigenvalue weighted by atomic mass is 15.3. The first-order valence-electron chi connectivity index (χ1n) is 5.71. The summed E-state index contributed by atoms with van der Waals surface area (Å²) < 4.78 is 1.78. The van der Waals surface area contributed by atoms with Crippen molar-refractivity contribution >= 4 is 11.5 Å². The lowest BCUT2D eigenvalue weighted by atomic mass is 10.1. The number of nitrogens with two attached hydrogens (primary N) is 1. The van der Waals surface area contributed by atoms with E-state index in [9.17, 15) is 0 Å². The second-order valence-electron chi connectivity index (χ2n) is 5.16. The van der Waals surface area contributed by atoms with Crippen LogP contribution in [0.25, 0.3) is 5.65 Å². The predicted molar refractivity (Wildman–Crippen MR) is 69.0 cm³/mol. The molecule has 92 valence electrons. The molecule has 0 spiro atoms. The van der Waals surface area contributed by atoms with Crippen LogP contribution in [0.2, 0.25) is 0 Å². The summed E-state index contributed by atoms with van der Waals surface area (Å²) in [6, 6.07) is 3.94. The van der Waals surface area contributed by atoms with E-state index in [1.807, 2.05) is 25.4 Å². The third kappa shape index (κ3) is 2.24. The van der Waals surface area contributed by atoms with Crippen molar-refractivity contribution in [1.29, 1.82) is 0 Å². The molecule has 0 atom stereocenters. The molecule has 5 nitrogen and oxygen atoms in total. The van der Waals surface area contributed by atoms with Crippen LogP contribution in [0.4, 0.5) is 5.82 Å². The zero-order chi connectivity index (χ0) is 12.6. The first kappa shape index (κ1) is 11.9. The summed E-state index contributed by atoms with van der Waals surface area (Å²) in [4.78, 5) is 6.48. The van der Waals surface area contributed by atoms with Gasteiger partial charge in [-0.25, -0.2) is 9.50 Å². The summed E-state index contributed by atoms with van der Waals surface area (Å²) in [6.45, 7) is 6.89. The predicted octanol–water partition coefficient (Wildman–Crippen LogP) is 1.42. The van der Waals surface area contributed by atoms with E-state index in [2.05, 4.69) is 35.8 Å². The van der Waals surface area contributed by atoms with Crippen LogP contribution in [0.3, 0.4) is 0 Å². The molecule has 0 fully saturated rings. The summed E-state index contributed by atoms with van der Waals surface area (Å²) in [5.74, 6) is 0.922. The SMILES string of the molecule is CN(c1ccc2nc(CN)cn2n1)C(C)(C)C. The standard InChI is InChI=1S/C12H19N5/c1-12(2,3)16(4)11-6-5-10-14-9(7-13)8-17(10)15-11/h5-6,8H,7,13H2,1-4H3. The number of hydrogen-bond donors (Lipinski definition) is 1. The van der Waals surface area contributed by atoms with Crippen molar-refractivity contribution in [2.24, 2.45) is 5.73 Å². The quantitative estimate of drug-likeness (QED) is 0.852. The fourth-order valence-corrected chi connectivity index (χ4v) is 1.54. The third-order valence-corrected chi connectivity index (χ3v) is 2.91. The van der Waals surface area contributed by atoms with Crippen LogP contribution in [-0.2, 0) is 6.54 Å². The number of fused-ring (bicyclic) bond motifs is 1. The number of rotatable bonds is 2. The Kier molecular flexibility index (Phi) is 2.79. The van der Waals surface area contributed by atoms with Gasteiger partial charge in [-0.15, -0.1) is 5.10 Å². The molecule has 0 saturated carbocycles. The molecule has 2 N–H and O–H groups in total. The molecule has 0 aliphatic heterocycles. The van der Waals surface area contributed by atoms with Crippen LogP contribution in [-0.4, -0.2) is 27.2 Å². The topological polar surface area (TPSA) is 59.5 Å². The lowest BCUT2D eigenvalue weighted by molar-refractivity contribution is 0.530. The molecule has 0 saturated heterocycles. The lowest BCUT2D eigenvalue weighted by Gasteiger charge is -2.32. The maximum absolute atomic E-state index is 5.57. The van der Waals surface area contributed by atoms with Gasteiger partial charge in [-0.3, -0.25) is 0 Å². The van der Waals surface area contributed by atoms with E-state index in [4.69, 9.17) is 5.73 Å². The number of anilines is 1. The van der Waals surface area contributed by atoms with Crippen molar-refractivity contribution in [3.8, 4) is 0 Å². The summed E-state index contributed by atoms with van der Waals surface area (Å²) in [5, 5.41) is 4.53. The van der Waals surface area contributed by atoms with E-state index in [0.29, 0.717) is 6.54 Å². The summed E-state index contributed by atoms with van der Waals surface area (Å²) in [6.07, 6.45) is 1.87. The lowest BCUT2D eigenvalue weighted by Crippen LogP contribution is -2.38. The minimum atomic E-state index is 0.0396. The van der Waals surface area contributed by atoms with Crippen molar-refractivity contribution in [1.82, 2.24) is 14.6 Å². The van der Waals surface area contributed by atoms with Gasteiger partial charge in [-0.2, -0.15) is 0 Å². The van der Waals surface area contributed by atoms with E-state index >= 15 is 0 Å². The van der Waals surface area contributed by atoms with Crippen LogP contribution < -0.4 is 10.6 Å². The molecular weight excluding hydrogens is 214 g/mol. The second kappa shape index (κ2) is 4.00. The van der Waals surface area contributed by atoms with Crippen LogP contribution in [0.15, 0.2) is 18.3 Å². The van der Waals surface area contributed by atoms with Gasteiger partial charge in [0.25, 0.3) is 0 Å². The highest BCUT2D eigenvalue weighted by Crippen LogP contribution is 2.19. The second-order valence-corrected chi connectivity index (χ2v) is 5.16. The van der Waals surface area contributed by atoms with E-state index in [0.717, 1.165) is 17.2 Å². The minimum Gasteiger partial charge on any atom is -0.353 e. The minimum absolute atomic E-state index is 0.0396. The maximum Gasteiger partial charge on any atom is 0.153 e. The van der Waals surface area contributed by atoms with Crippen molar-refractivity contribution in [3.63, 3.8) is 0 Å². The maximum atomic E-state index is 5.57. The Hall–Kier alpha value is -1.62. The zero-order valence-electron chi connectivity index (χ0n) is 10.8. The number of aromatic nitrogens is 3. The first-order valence-corrected chi connectivity index (χ1v) is 5.71. The monoisotopic (exact) mass is 233 g/mol. The van der Waals surface area contributed by atoms with Crippen LogP contribution >= 0.6 is 0 Å². The van der Waals surface area contributed by atoms with Gasteiger partial charge in [0.1, 0.15) is 5.82 Å². The normalized spacial score (nSPS) is 12.1. The fourth-order valence-electron chi connectivity index (χ4n) is 1.54. The van der Waals surface area contributed by atoms with Crippen molar-refractivity contribution in [2.75, 3.05) is 11.9 Å². The molecule has 0 unspecified atom stereocenters. The molecule has 2 aromatic rings. The van der Waals surface area contributed by atoms with Gasteiger partial charge in [-0.1, -0.05) is 0 Å². The Labute approximate surface area is 101 Å². The van der Waals surface area contributed by atoms with E-state index in [-0.39, 0.29) is 5.54 Å². The van der Waals surface area contributed by atoms with E-state index < -0.39 is 0 Å². The van der Waals surface area contributed by atoms with Gasteiger partial charge in [0.2, 0.25) is 0 Å². The molecule has 2 heterocycles. The van der Waals surface area contributed by atoms with E-state index in [1.54, 1.807) is 4.52 Å². The molecular formula is C12H19N5. The molecule has 0 aliphatic rings. The summed E-state index contributed by atoms with van der Waals surface area (Å²) in [7, 11) is 2.04. The fraction of sp³-hybridized carbons (Fsp3) is 0.500. The average molecular weight is 233 g/mol. The van der Waals surface area contributed by atoms with Crippen molar-refractivity contribution < 1.29 is 0 Å². The van der Waals surface area contributed by atoms with Gasteiger partial charge in [0.05, 0.1) is 11.9 Å². The Morgan fingerprint density at radius 2 is 2.06 bits per heavy atom. The highest BCUT2D eigenvalue weighted by Gasteiger charge is 2.18. The van der Waals surface area contributed by atoms with Gasteiger partial charge in [-0.05, 0) is 32.9 Å². The molecule has 2 aromatic heterocycles. The van der Waals surface area contributed by atoms with Crippen molar-refractivity contribution in [3.05, 3.63) is 24.0 Å². The molecule has 5 heteroatoms. The number of hydrogen-bond acceptors (Lipinski definition) is 4. The third-order valence-electron chi connectivity index (χ3n) is 2.91. The van der Waals surface area contributed by atoms with Gasteiger partial charge in [0, 0.05) is 19.1 Å². The number of imidazole rings is 1. The molecule has 0 aromatic carbocycles.